The molecule has 0 radical (unpaired) electrons. The molecule has 25 heteroatoms. The molecular weight excluding hydrogens is 1140 g/mol. The van der Waals surface area contributed by atoms with Crippen molar-refractivity contribution < 1.29 is 78.8 Å². The van der Waals surface area contributed by atoms with E-state index >= 15 is 0 Å². The first-order chi connectivity index (χ1) is 41.9. The SMILES string of the molecule is C=C[C@@H](c1ccc(O)cc1)[C@@H](O)C(NC(=O)C1C[C@@H](O)CN1C(=O)C(NC(=O)CNC(=O)c1ccc(-c2ccc(-c3ccc(OCCCCC)cc3)cc2)cc1)[C@@H](C)O)C(=O)NC(C(=O)N1C[C@H](C)[C@H](O)C1C(=O)NC(OC(CN)CN)[C@@H](C)O)[C@@H](C)O. The maximum atomic E-state index is 14.7. The Morgan fingerprint density at radius 1 is 0.682 bits per heavy atom. The number of carbonyl (C=O) groups excluding carboxylic acids is 7. The third-order valence-corrected chi connectivity index (χ3v) is 15.6. The van der Waals surface area contributed by atoms with Crippen molar-refractivity contribution in [1.29, 1.82) is 0 Å². The lowest BCUT2D eigenvalue weighted by molar-refractivity contribution is -0.150. The molecule has 2 heterocycles. The number of carbonyl (C=O) groups is 7. The summed E-state index contributed by atoms with van der Waals surface area (Å²) in [4.78, 5) is 100. The molecule has 25 nitrogen and oxygen atoms in total. The number of nitrogens with one attached hydrogen (secondary N) is 5. The van der Waals surface area contributed by atoms with Gasteiger partial charge in [-0.2, -0.15) is 0 Å². The lowest BCUT2D eigenvalue weighted by Gasteiger charge is -2.35. The van der Waals surface area contributed by atoms with E-state index in [4.69, 9.17) is 20.9 Å². The standard InChI is InChI=1S/C63H85N9O16/c1-7-9-10-27-87-46-25-21-41(22-26-46)39-13-11-38(12-14-39)40-15-17-43(18-16-40)57(81)66-31-50(78)67-51(35(4)73)62(85)71-33-45(77)28-49(71)58(82)69-53(56(80)48(8-2)42-19-23-44(76)24-20-42)59(83)68-52(36(5)74)63(86)72-32-34(3)55(79)54(72)60(84)70-61(37(6)75)88-47(29-64)30-65/h8,11-26,34-37,45,47-49,51-56,61,73-77,79-80H,2,7,9-10,27-33,64-65H2,1,3-6H3,(H,66,81)(H,67,78)(H,68,83)(H,69,82)(H,70,84)/t34-,35+,36+,37+,45+,48-,49?,51?,52?,53?,54?,55-,56+,61?/m0/s1. The Morgan fingerprint density at radius 2 is 1.23 bits per heavy atom. The molecule has 0 aliphatic carbocycles. The molecule has 2 aliphatic rings. The molecule has 478 valence electrons. The number of rotatable bonds is 30. The molecule has 14 atom stereocenters. The number of benzene rings is 4. The second-order valence-electron chi connectivity index (χ2n) is 22.5. The van der Waals surface area contributed by atoms with E-state index in [9.17, 15) is 69.3 Å². The van der Waals surface area contributed by atoms with Gasteiger partial charge in [0.25, 0.3) is 5.91 Å². The molecule has 6 rings (SSSR count). The number of ether oxygens (including phenoxy) is 2. The molecule has 0 aromatic heterocycles. The van der Waals surface area contributed by atoms with Gasteiger partial charge in [-0.05, 0) is 91.4 Å². The van der Waals surface area contributed by atoms with Gasteiger partial charge in [-0.3, -0.25) is 33.6 Å². The number of phenols is 1. The van der Waals surface area contributed by atoms with Crippen LogP contribution in [0.25, 0.3) is 22.3 Å². The Balaban J connectivity index is 1.14. The Labute approximate surface area is 511 Å². The van der Waals surface area contributed by atoms with E-state index in [1.807, 2.05) is 48.5 Å². The van der Waals surface area contributed by atoms with Gasteiger partial charge in [-0.15, -0.1) is 6.58 Å². The molecule has 4 aromatic rings. The summed E-state index contributed by atoms with van der Waals surface area (Å²) in [5, 5.41) is 88.9. The summed E-state index contributed by atoms with van der Waals surface area (Å²) >= 11 is 0. The summed E-state index contributed by atoms with van der Waals surface area (Å²) in [5.74, 6) is -8.36. The van der Waals surface area contributed by atoms with Crippen LogP contribution in [0.5, 0.6) is 11.5 Å². The third-order valence-electron chi connectivity index (χ3n) is 15.6. The lowest BCUT2D eigenvalue weighted by atomic mass is 9.88. The van der Waals surface area contributed by atoms with E-state index in [-0.39, 0.29) is 36.5 Å². The van der Waals surface area contributed by atoms with Crippen LogP contribution in [0, 0.1) is 5.92 Å². The van der Waals surface area contributed by atoms with Gasteiger partial charge in [0.2, 0.25) is 35.4 Å². The van der Waals surface area contributed by atoms with Crippen molar-refractivity contribution in [2.24, 2.45) is 17.4 Å². The van der Waals surface area contributed by atoms with E-state index in [1.54, 1.807) is 24.3 Å². The fourth-order valence-corrected chi connectivity index (χ4v) is 10.5. The van der Waals surface area contributed by atoms with Crippen molar-refractivity contribution in [3.8, 4) is 33.8 Å². The Morgan fingerprint density at radius 3 is 1.76 bits per heavy atom. The molecule has 2 aliphatic heterocycles. The van der Waals surface area contributed by atoms with Crippen LogP contribution in [0.4, 0.5) is 0 Å². The molecule has 0 bridgehead atoms. The van der Waals surface area contributed by atoms with Gasteiger partial charge in [0.15, 0.2) is 6.23 Å². The van der Waals surface area contributed by atoms with E-state index in [0.717, 1.165) is 64.0 Å². The van der Waals surface area contributed by atoms with E-state index in [2.05, 4.69) is 40.1 Å². The number of nitrogens with zero attached hydrogens (tertiary/aromatic N) is 2. The van der Waals surface area contributed by atoms with Crippen LogP contribution in [-0.4, -0.2) is 205 Å². The van der Waals surface area contributed by atoms with Gasteiger partial charge < -0.3 is 93.1 Å². The maximum absolute atomic E-state index is 14.7. The molecule has 2 saturated heterocycles. The van der Waals surface area contributed by atoms with Crippen molar-refractivity contribution in [3.63, 3.8) is 0 Å². The van der Waals surface area contributed by atoms with Crippen molar-refractivity contribution in [2.45, 2.75) is 145 Å². The largest absolute Gasteiger partial charge is 0.508 e. The second-order valence-corrected chi connectivity index (χ2v) is 22.5. The van der Waals surface area contributed by atoms with Crippen LogP contribution in [0.15, 0.2) is 110 Å². The molecule has 4 aromatic carbocycles. The van der Waals surface area contributed by atoms with E-state index < -0.39 is 152 Å². The van der Waals surface area contributed by atoms with Crippen molar-refractivity contribution in [2.75, 3.05) is 39.3 Å². The first-order valence-corrected chi connectivity index (χ1v) is 29.5. The summed E-state index contributed by atoms with van der Waals surface area (Å²) in [6.07, 6.45) is -7.68. The number of aliphatic hydroxyl groups excluding tert-OH is 6. The minimum absolute atomic E-state index is 0.0763. The number of unbranched alkanes of at least 4 members (excludes halogenated alkanes) is 2. The minimum Gasteiger partial charge on any atom is -0.508 e. The molecule has 7 amide bonds. The van der Waals surface area contributed by atoms with Crippen LogP contribution in [0.1, 0.15) is 82.1 Å². The highest BCUT2D eigenvalue weighted by atomic mass is 16.5. The third kappa shape index (κ3) is 17.9. The van der Waals surface area contributed by atoms with Crippen molar-refractivity contribution in [1.82, 2.24) is 36.4 Å². The predicted octanol–water partition coefficient (Wildman–Crippen LogP) is -0.133. The number of hydrogen-bond donors (Lipinski definition) is 14. The summed E-state index contributed by atoms with van der Waals surface area (Å²) in [7, 11) is 0. The normalized spacial score (nSPS) is 20.5. The molecule has 0 saturated carbocycles. The average molecular weight is 1220 g/mol. The minimum atomic E-state index is -2.08. The molecule has 2 fully saturated rings. The zero-order valence-electron chi connectivity index (χ0n) is 50.1. The molecule has 88 heavy (non-hydrogen) atoms. The number of amides is 7. The highest BCUT2D eigenvalue weighted by Crippen LogP contribution is 2.30. The summed E-state index contributed by atoms with van der Waals surface area (Å²) in [5.41, 5.74) is 15.7. The fourth-order valence-electron chi connectivity index (χ4n) is 10.5. The molecule has 16 N–H and O–H groups in total. The van der Waals surface area contributed by atoms with Gasteiger partial charge in [0.1, 0.15) is 41.7 Å². The lowest BCUT2D eigenvalue weighted by Crippen LogP contribution is -2.64. The van der Waals surface area contributed by atoms with Crippen LogP contribution in [0.2, 0.25) is 0 Å². The summed E-state index contributed by atoms with van der Waals surface area (Å²) in [6.45, 7) is 10.2. The van der Waals surface area contributed by atoms with E-state index in [1.165, 1.54) is 51.1 Å². The summed E-state index contributed by atoms with van der Waals surface area (Å²) in [6, 6.07) is 18.8. The van der Waals surface area contributed by atoms with Crippen LogP contribution in [0.3, 0.4) is 0 Å². The smallest absolute Gasteiger partial charge is 0.251 e. The van der Waals surface area contributed by atoms with Crippen molar-refractivity contribution in [3.05, 3.63) is 121 Å². The number of β-amino-alcohol motifs (C(OH)–C–C–N with tert-alkyl or cyclic N) is 1. The van der Waals surface area contributed by atoms with Crippen LogP contribution in [-0.2, 0) is 33.5 Å². The first kappa shape index (κ1) is 69.3. The zero-order valence-corrected chi connectivity index (χ0v) is 50.1. The van der Waals surface area contributed by atoms with Crippen LogP contribution >= 0.6 is 0 Å². The zero-order chi connectivity index (χ0) is 64.5. The van der Waals surface area contributed by atoms with Gasteiger partial charge >= 0.3 is 0 Å². The van der Waals surface area contributed by atoms with Gasteiger partial charge in [-0.1, -0.05) is 93.4 Å². The van der Waals surface area contributed by atoms with Crippen LogP contribution < -0.4 is 42.8 Å². The predicted molar refractivity (Wildman–Crippen MR) is 324 cm³/mol. The Hall–Kier alpha value is -7.85. The second kappa shape index (κ2) is 32.4. The Kier molecular flexibility index (Phi) is 25.5. The number of aliphatic hydroxyl groups is 6. The maximum Gasteiger partial charge on any atom is 0.251 e. The molecular formula is C63H85N9O16. The van der Waals surface area contributed by atoms with Gasteiger partial charge in [0.05, 0.1) is 55.9 Å². The Bertz CT molecular complexity index is 2980. The summed E-state index contributed by atoms with van der Waals surface area (Å²) < 4.78 is 11.5. The monoisotopic (exact) mass is 1220 g/mol. The number of phenolic OH excluding ortho intramolecular Hbond substituents is 1. The number of nitrogens with two attached hydrogens (primary N) is 2. The number of likely N-dealkylation sites (tertiary alicyclic amines) is 2. The molecule has 6 unspecified atom stereocenters. The average Bonchev–Trinajstić information content (AvgIpc) is 3.69. The highest BCUT2D eigenvalue weighted by Gasteiger charge is 2.50. The highest BCUT2D eigenvalue weighted by molar-refractivity contribution is 5.99. The fraction of sp³-hybridized carbons (Fsp3) is 0.476. The molecule has 0 spiro atoms. The van der Waals surface area contributed by atoms with Crippen molar-refractivity contribution >= 4 is 41.4 Å². The number of aromatic hydroxyl groups is 1. The van der Waals surface area contributed by atoms with E-state index in [0.29, 0.717) is 6.61 Å². The first-order valence-electron chi connectivity index (χ1n) is 29.5. The number of hydrogen-bond acceptors (Lipinski definition) is 18. The topological polar surface area (TPSA) is 398 Å². The quantitative estimate of drug-likeness (QED) is 0.0184. The van der Waals surface area contributed by atoms with Gasteiger partial charge in [-0.25, -0.2) is 0 Å². The van der Waals surface area contributed by atoms with Gasteiger partial charge in [0, 0.05) is 50.0 Å².